The van der Waals surface area contributed by atoms with E-state index in [1.54, 1.807) is 13.0 Å². The monoisotopic (exact) mass is 317 g/mol. The number of aromatic hydroxyl groups is 1. The summed E-state index contributed by atoms with van der Waals surface area (Å²) in [6.07, 6.45) is 0.326. The summed E-state index contributed by atoms with van der Waals surface area (Å²) in [6.45, 7) is 2.06. The molecule has 0 amide bonds. The van der Waals surface area contributed by atoms with Crippen LogP contribution in [0.1, 0.15) is 23.6 Å². The van der Waals surface area contributed by atoms with Gasteiger partial charge in [-0.05, 0) is 34.8 Å². The normalized spacial score (nSPS) is 23.3. The van der Waals surface area contributed by atoms with Gasteiger partial charge in [0.15, 0.2) is 11.6 Å². The number of hydrogen-bond donors (Lipinski definition) is 3. The SMILES string of the molecule is Cc1cc(C2CC(C(=O)O)CN2)c(F)c(O)c1Br. The highest BCUT2D eigenvalue weighted by Crippen LogP contribution is 2.37. The summed E-state index contributed by atoms with van der Waals surface area (Å²) in [5.74, 6) is -2.52. The lowest BCUT2D eigenvalue weighted by atomic mass is 9.98. The molecular formula is C12H13BrFNO3. The van der Waals surface area contributed by atoms with Crippen molar-refractivity contribution < 1.29 is 19.4 Å². The van der Waals surface area contributed by atoms with E-state index in [0.29, 0.717) is 28.6 Å². The molecule has 6 heteroatoms. The van der Waals surface area contributed by atoms with E-state index < -0.39 is 23.5 Å². The minimum atomic E-state index is -0.886. The highest BCUT2D eigenvalue weighted by atomic mass is 79.9. The number of hydrogen-bond acceptors (Lipinski definition) is 3. The molecule has 0 aliphatic carbocycles. The zero-order valence-corrected chi connectivity index (χ0v) is 11.3. The molecule has 0 bridgehead atoms. The standard InChI is InChI=1S/C12H13BrFNO3/c1-5-2-7(10(14)11(16)9(5)13)8-3-6(4-15-8)12(17)18/h2,6,8,15-16H,3-4H2,1H3,(H,17,18). The van der Waals surface area contributed by atoms with Crippen molar-refractivity contribution in [1.82, 2.24) is 5.32 Å². The van der Waals surface area contributed by atoms with Gasteiger partial charge in [0.2, 0.25) is 0 Å². The van der Waals surface area contributed by atoms with Gasteiger partial charge < -0.3 is 15.5 Å². The van der Waals surface area contributed by atoms with Crippen LogP contribution in [-0.4, -0.2) is 22.7 Å². The van der Waals surface area contributed by atoms with Crippen LogP contribution in [0.2, 0.25) is 0 Å². The summed E-state index contributed by atoms with van der Waals surface area (Å²) in [7, 11) is 0. The minimum Gasteiger partial charge on any atom is -0.504 e. The van der Waals surface area contributed by atoms with Gasteiger partial charge in [0.25, 0.3) is 0 Å². The maximum atomic E-state index is 14.0. The topological polar surface area (TPSA) is 69.6 Å². The zero-order valence-electron chi connectivity index (χ0n) is 9.70. The number of carbonyl (C=O) groups is 1. The molecule has 1 heterocycles. The molecule has 1 aromatic carbocycles. The van der Waals surface area contributed by atoms with Crippen molar-refractivity contribution in [2.24, 2.45) is 5.92 Å². The average Bonchev–Trinajstić information content (AvgIpc) is 2.80. The van der Waals surface area contributed by atoms with Crippen LogP contribution in [0.5, 0.6) is 5.75 Å². The fourth-order valence-corrected chi connectivity index (χ4v) is 2.48. The molecule has 18 heavy (non-hydrogen) atoms. The number of rotatable bonds is 2. The first kappa shape index (κ1) is 13.3. The van der Waals surface area contributed by atoms with Gasteiger partial charge in [-0.2, -0.15) is 0 Å². The Morgan fingerprint density at radius 2 is 2.28 bits per heavy atom. The van der Waals surface area contributed by atoms with E-state index in [-0.39, 0.29) is 6.04 Å². The van der Waals surface area contributed by atoms with E-state index in [2.05, 4.69) is 21.2 Å². The zero-order chi connectivity index (χ0) is 13.4. The second-order valence-corrected chi connectivity index (χ2v) is 5.28. The van der Waals surface area contributed by atoms with Gasteiger partial charge in [0.1, 0.15) is 0 Å². The van der Waals surface area contributed by atoms with Gasteiger partial charge in [-0.15, -0.1) is 0 Å². The predicted molar refractivity (Wildman–Crippen MR) is 67.0 cm³/mol. The van der Waals surface area contributed by atoms with Gasteiger partial charge >= 0.3 is 5.97 Å². The van der Waals surface area contributed by atoms with E-state index in [4.69, 9.17) is 5.11 Å². The van der Waals surface area contributed by atoms with Crippen LogP contribution in [0.15, 0.2) is 10.5 Å². The molecule has 0 radical (unpaired) electrons. The first-order valence-corrected chi connectivity index (χ1v) is 6.34. The Morgan fingerprint density at radius 1 is 1.61 bits per heavy atom. The highest BCUT2D eigenvalue weighted by Gasteiger charge is 2.32. The van der Waals surface area contributed by atoms with Crippen LogP contribution in [0.4, 0.5) is 4.39 Å². The average molecular weight is 318 g/mol. The molecule has 3 N–H and O–H groups in total. The molecule has 1 saturated heterocycles. The summed E-state index contributed by atoms with van der Waals surface area (Å²) in [6, 6.07) is 1.25. The Morgan fingerprint density at radius 3 is 2.83 bits per heavy atom. The van der Waals surface area contributed by atoms with Crippen molar-refractivity contribution in [2.45, 2.75) is 19.4 Å². The molecule has 98 valence electrons. The van der Waals surface area contributed by atoms with E-state index in [1.165, 1.54) is 0 Å². The number of nitrogens with one attached hydrogen (secondary N) is 1. The Labute approximate surface area is 112 Å². The Hall–Kier alpha value is -1.14. The summed E-state index contributed by atoms with van der Waals surface area (Å²) < 4.78 is 14.3. The lowest BCUT2D eigenvalue weighted by Gasteiger charge is -2.15. The number of carboxylic acids is 1. The highest BCUT2D eigenvalue weighted by molar-refractivity contribution is 9.10. The van der Waals surface area contributed by atoms with Crippen molar-refractivity contribution in [3.05, 3.63) is 27.5 Å². The minimum absolute atomic E-state index is 0.315. The van der Waals surface area contributed by atoms with Gasteiger partial charge in [0, 0.05) is 18.2 Å². The number of phenols is 1. The molecule has 2 rings (SSSR count). The van der Waals surface area contributed by atoms with Crippen molar-refractivity contribution in [2.75, 3.05) is 6.54 Å². The Balaban J connectivity index is 2.33. The first-order chi connectivity index (χ1) is 8.41. The van der Waals surface area contributed by atoms with Gasteiger partial charge in [-0.25, -0.2) is 4.39 Å². The molecule has 1 aliphatic heterocycles. The van der Waals surface area contributed by atoms with Crippen LogP contribution in [0.25, 0.3) is 0 Å². The fourth-order valence-electron chi connectivity index (χ4n) is 2.19. The second kappa shape index (κ2) is 4.85. The number of halogens is 2. The molecule has 1 aromatic rings. The van der Waals surface area contributed by atoms with Crippen molar-refractivity contribution in [3.8, 4) is 5.75 Å². The number of aliphatic carboxylic acids is 1. The lowest BCUT2D eigenvalue weighted by molar-refractivity contribution is -0.141. The number of aryl methyl sites for hydroxylation is 1. The molecule has 2 unspecified atom stereocenters. The van der Waals surface area contributed by atoms with Crippen LogP contribution < -0.4 is 5.32 Å². The van der Waals surface area contributed by atoms with Gasteiger partial charge in [-0.1, -0.05) is 6.07 Å². The fraction of sp³-hybridized carbons (Fsp3) is 0.417. The molecule has 0 aromatic heterocycles. The third-order valence-corrected chi connectivity index (χ3v) is 4.24. The summed E-state index contributed by atoms with van der Waals surface area (Å²) >= 11 is 3.10. The summed E-state index contributed by atoms with van der Waals surface area (Å²) in [5, 5.41) is 21.5. The van der Waals surface area contributed by atoms with Gasteiger partial charge in [-0.3, -0.25) is 4.79 Å². The Bertz CT molecular complexity index is 507. The third-order valence-electron chi connectivity index (χ3n) is 3.24. The van der Waals surface area contributed by atoms with E-state index >= 15 is 0 Å². The molecule has 0 saturated carbocycles. The van der Waals surface area contributed by atoms with Gasteiger partial charge in [0.05, 0.1) is 10.4 Å². The smallest absolute Gasteiger partial charge is 0.307 e. The largest absolute Gasteiger partial charge is 0.504 e. The van der Waals surface area contributed by atoms with Crippen molar-refractivity contribution in [1.29, 1.82) is 0 Å². The Kier molecular flexibility index (Phi) is 3.59. The lowest BCUT2D eigenvalue weighted by Crippen LogP contribution is -2.17. The van der Waals surface area contributed by atoms with E-state index in [1.807, 2.05) is 0 Å². The molecule has 1 aliphatic rings. The van der Waals surface area contributed by atoms with E-state index in [0.717, 1.165) is 0 Å². The molecule has 1 fully saturated rings. The van der Waals surface area contributed by atoms with Crippen LogP contribution in [0, 0.1) is 18.7 Å². The van der Waals surface area contributed by atoms with E-state index in [9.17, 15) is 14.3 Å². The summed E-state index contributed by atoms with van der Waals surface area (Å²) in [5.41, 5.74) is 1.03. The molecule has 2 atom stereocenters. The van der Waals surface area contributed by atoms with Crippen LogP contribution in [-0.2, 0) is 4.79 Å². The second-order valence-electron chi connectivity index (χ2n) is 4.49. The van der Waals surface area contributed by atoms with Crippen molar-refractivity contribution in [3.63, 3.8) is 0 Å². The maximum Gasteiger partial charge on any atom is 0.307 e. The first-order valence-electron chi connectivity index (χ1n) is 5.55. The number of phenolic OH excluding ortho intramolecular Hbond substituents is 1. The number of carboxylic acid groups (broad SMARTS) is 1. The van der Waals surface area contributed by atoms with Crippen LogP contribution in [0.3, 0.4) is 0 Å². The molecule has 4 nitrogen and oxygen atoms in total. The maximum absolute atomic E-state index is 14.0. The quantitative estimate of drug-likeness (QED) is 0.783. The molecule has 0 spiro atoms. The molecular weight excluding hydrogens is 305 g/mol. The summed E-state index contributed by atoms with van der Waals surface area (Å²) in [4.78, 5) is 10.9. The predicted octanol–water partition coefficient (Wildman–Crippen LogP) is 2.34. The number of benzene rings is 1. The van der Waals surface area contributed by atoms with Crippen LogP contribution >= 0.6 is 15.9 Å². The third kappa shape index (κ3) is 2.22. The van der Waals surface area contributed by atoms with Crippen molar-refractivity contribution >= 4 is 21.9 Å².